The lowest BCUT2D eigenvalue weighted by Crippen LogP contribution is -2.57. The Bertz CT molecular complexity index is 1130. The first kappa shape index (κ1) is 18.8. The number of hydrogen-bond donors (Lipinski definition) is 0. The van der Waals surface area contributed by atoms with Gasteiger partial charge in [0, 0.05) is 3.57 Å². The van der Waals surface area contributed by atoms with Crippen LogP contribution in [0, 0.1) is 15.4 Å². The molecule has 3 aromatic carbocycles. The Balaban J connectivity index is 1.66. The summed E-state index contributed by atoms with van der Waals surface area (Å²) < 4.78 is 1.02. The number of amides is 2. The summed E-state index contributed by atoms with van der Waals surface area (Å²) in [6.07, 6.45) is 0. The van der Waals surface area contributed by atoms with Crippen molar-refractivity contribution in [1.82, 2.24) is 0 Å². The molecule has 0 saturated carbocycles. The van der Waals surface area contributed by atoms with E-state index >= 15 is 0 Å². The second kappa shape index (κ2) is 6.09. The minimum Gasteiger partial charge on any atom is -0.274 e. The van der Waals surface area contributed by atoms with Crippen molar-refractivity contribution in [2.75, 3.05) is 4.90 Å². The van der Waals surface area contributed by atoms with E-state index in [0.29, 0.717) is 5.69 Å². The average molecular weight is 546 g/mol. The van der Waals surface area contributed by atoms with Gasteiger partial charge in [-0.1, -0.05) is 48.5 Å². The summed E-state index contributed by atoms with van der Waals surface area (Å²) in [4.78, 5) is 26.5. The molecule has 148 valence electrons. The van der Waals surface area contributed by atoms with Crippen LogP contribution in [0.5, 0.6) is 0 Å². The van der Waals surface area contributed by atoms with E-state index in [0.717, 1.165) is 25.8 Å². The van der Waals surface area contributed by atoms with Gasteiger partial charge >= 0.3 is 0 Å². The van der Waals surface area contributed by atoms with Gasteiger partial charge in [0.1, 0.15) is 9.75 Å². The lowest BCUT2D eigenvalue weighted by atomic mass is 9.54. The van der Waals surface area contributed by atoms with Crippen molar-refractivity contribution in [3.63, 3.8) is 0 Å². The van der Waals surface area contributed by atoms with Crippen molar-refractivity contribution in [3.05, 3.63) is 98.6 Å². The smallest absolute Gasteiger partial charge is 0.240 e. The molecule has 0 unspecified atom stereocenters. The molecule has 0 N–H and O–H groups in total. The summed E-state index contributed by atoms with van der Waals surface area (Å²) in [5, 5.41) is 0. The Morgan fingerprint density at radius 1 is 0.667 bits per heavy atom. The highest BCUT2D eigenvalue weighted by molar-refractivity contribution is 14.1. The number of rotatable bonds is 1. The molecule has 1 aliphatic heterocycles. The largest absolute Gasteiger partial charge is 0.274 e. The fraction of sp³-hybridized carbons (Fsp3) is 0.167. The van der Waals surface area contributed by atoms with Crippen LogP contribution in [0.1, 0.15) is 22.3 Å². The van der Waals surface area contributed by atoms with Gasteiger partial charge in [0.25, 0.3) is 0 Å². The molecule has 3 aromatic rings. The number of carbonyl (C=O) groups is 2. The molecule has 2 atom stereocenters. The number of anilines is 1. The Labute approximate surface area is 197 Å². The van der Waals surface area contributed by atoms with Crippen LogP contribution in [-0.2, 0) is 19.3 Å². The highest BCUT2D eigenvalue weighted by Crippen LogP contribution is 2.69. The predicted octanol–water partition coefficient (Wildman–Crippen LogP) is 5.39. The molecule has 0 spiro atoms. The van der Waals surface area contributed by atoms with Gasteiger partial charge in [0.15, 0.2) is 0 Å². The van der Waals surface area contributed by atoms with E-state index in [-0.39, 0.29) is 11.8 Å². The summed E-state index contributed by atoms with van der Waals surface area (Å²) in [7, 11) is 0. The zero-order chi connectivity index (χ0) is 20.8. The molecule has 4 aliphatic rings. The zero-order valence-electron chi connectivity index (χ0n) is 15.5. The first-order valence-electron chi connectivity index (χ1n) is 9.61. The number of nitrogens with zero attached hydrogens (tertiary/aromatic N) is 1. The van der Waals surface area contributed by atoms with Crippen LogP contribution in [0.15, 0.2) is 72.8 Å². The highest BCUT2D eigenvalue weighted by atomic mass is 127. The van der Waals surface area contributed by atoms with E-state index < -0.39 is 21.6 Å². The molecule has 1 saturated heterocycles. The maximum atomic E-state index is 13.8. The van der Waals surface area contributed by atoms with E-state index in [2.05, 4.69) is 22.6 Å². The van der Waals surface area contributed by atoms with E-state index in [1.54, 1.807) is 12.1 Å². The highest BCUT2D eigenvalue weighted by Gasteiger charge is 2.73. The van der Waals surface area contributed by atoms with E-state index in [1.165, 1.54) is 4.90 Å². The van der Waals surface area contributed by atoms with Crippen LogP contribution < -0.4 is 4.90 Å². The third-order valence-corrected chi connectivity index (χ3v) is 8.67. The van der Waals surface area contributed by atoms with Crippen LogP contribution in [0.2, 0.25) is 0 Å². The van der Waals surface area contributed by atoms with Gasteiger partial charge in [-0.25, -0.2) is 4.90 Å². The summed E-state index contributed by atoms with van der Waals surface area (Å²) in [5.41, 5.74) is 3.80. The summed E-state index contributed by atoms with van der Waals surface area (Å²) in [6, 6.07) is 22.7. The molecule has 1 fully saturated rings. The van der Waals surface area contributed by atoms with Crippen LogP contribution in [-0.4, -0.2) is 11.8 Å². The second-order valence-electron chi connectivity index (χ2n) is 7.96. The Kier molecular flexibility index (Phi) is 3.82. The van der Waals surface area contributed by atoms with E-state index in [1.807, 2.05) is 60.7 Å². The van der Waals surface area contributed by atoms with Crippen molar-refractivity contribution >= 4 is 63.3 Å². The van der Waals surface area contributed by atoms with Crippen LogP contribution in [0.25, 0.3) is 0 Å². The van der Waals surface area contributed by atoms with E-state index in [9.17, 15) is 9.59 Å². The Morgan fingerprint density at radius 2 is 1.03 bits per heavy atom. The lowest BCUT2D eigenvalue weighted by Gasteiger charge is -2.54. The minimum absolute atomic E-state index is 0.296. The van der Waals surface area contributed by atoms with Crippen molar-refractivity contribution in [3.8, 4) is 0 Å². The average Bonchev–Trinajstić information content (AvgIpc) is 3.04. The van der Waals surface area contributed by atoms with Crippen molar-refractivity contribution < 1.29 is 9.59 Å². The molecule has 30 heavy (non-hydrogen) atoms. The first-order chi connectivity index (χ1) is 14.4. The van der Waals surface area contributed by atoms with Gasteiger partial charge in [0.2, 0.25) is 11.8 Å². The first-order valence-corrected chi connectivity index (χ1v) is 11.4. The zero-order valence-corrected chi connectivity index (χ0v) is 19.1. The minimum atomic E-state index is -1.14. The standard InChI is InChI=1S/C24H14Cl2INO2/c25-23-15-5-1-2-6-16(15)24(26,18-8-4-3-7-17(18)23)20-19(23)21(29)28(22(20)30)14-11-9-13(27)10-12-14/h1-12,19-20H/t19-,20-,23?,24?/m0/s1. The maximum Gasteiger partial charge on any atom is 0.240 e. The van der Waals surface area contributed by atoms with Gasteiger partial charge in [-0.3, -0.25) is 9.59 Å². The molecule has 2 bridgehead atoms. The molecule has 3 nitrogen and oxygen atoms in total. The third-order valence-electron chi connectivity index (χ3n) is 6.67. The normalized spacial score (nSPS) is 30.8. The topological polar surface area (TPSA) is 37.4 Å². The number of benzene rings is 3. The molecule has 3 aliphatic carbocycles. The fourth-order valence-electron chi connectivity index (χ4n) is 5.51. The Morgan fingerprint density at radius 3 is 1.40 bits per heavy atom. The second-order valence-corrected chi connectivity index (χ2v) is 10.4. The van der Waals surface area contributed by atoms with Gasteiger partial charge < -0.3 is 0 Å². The Hall–Kier alpha value is -1.89. The summed E-state index contributed by atoms with van der Waals surface area (Å²) >= 11 is 17.0. The molecule has 1 heterocycles. The molecular formula is C24H14Cl2INO2. The number of hydrogen-bond acceptors (Lipinski definition) is 2. The number of carbonyl (C=O) groups excluding carboxylic acids is 2. The van der Waals surface area contributed by atoms with Gasteiger partial charge in [-0.2, -0.15) is 0 Å². The number of alkyl halides is 2. The predicted molar refractivity (Wildman–Crippen MR) is 125 cm³/mol. The third kappa shape index (κ3) is 2.03. The monoisotopic (exact) mass is 545 g/mol. The number of imide groups is 1. The van der Waals surface area contributed by atoms with Crippen LogP contribution in [0.4, 0.5) is 5.69 Å². The van der Waals surface area contributed by atoms with Crippen molar-refractivity contribution in [2.24, 2.45) is 11.8 Å². The van der Waals surface area contributed by atoms with Crippen LogP contribution in [0.3, 0.4) is 0 Å². The van der Waals surface area contributed by atoms with E-state index in [4.69, 9.17) is 23.2 Å². The molecule has 2 amide bonds. The number of halogens is 3. The van der Waals surface area contributed by atoms with Gasteiger partial charge in [-0.05, 0) is 69.1 Å². The van der Waals surface area contributed by atoms with Crippen LogP contribution >= 0.6 is 45.8 Å². The van der Waals surface area contributed by atoms with Crippen molar-refractivity contribution in [1.29, 1.82) is 0 Å². The molecule has 0 aromatic heterocycles. The SMILES string of the molecule is O=C1[C@@H]2[C@@H](C(=O)N1c1ccc(I)cc1)C1(Cl)c3ccccc3C2(Cl)c2ccccc21. The molecule has 0 radical (unpaired) electrons. The summed E-state index contributed by atoms with van der Waals surface area (Å²) in [5.74, 6) is -2.13. The quantitative estimate of drug-likeness (QED) is 0.234. The van der Waals surface area contributed by atoms with Gasteiger partial charge in [0.05, 0.1) is 17.5 Å². The van der Waals surface area contributed by atoms with Gasteiger partial charge in [-0.15, -0.1) is 23.2 Å². The molecular weight excluding hydrogens is 532 g/mol. The molecule has 7 rings (SSSR count). The molecule has 6 heteroatoms. The summed E-state index contributed by atoms with van der Waals surface area (Å²) in [6.45, 7) is 0. The lowest BCUT2D eigenvalue weighted by molar-refractivity contribution is -0.122. The maximum absolute atomic E-state index is 13.8. The van der Waals surface area contributed by atoms with Crippen molar-refractivity contribution in [2.45, 2.75) is 9.75 Å². The fourth-order valence-corrected chi connectivity index (χ4v) is 6.97.